The van der Waals surface area contributed by atoms with Crippen LogP contribution < -0.4 is 0 Å². The van der Waals surface area contributed by atoms with Crippen molar-refractivity contribution in [3.63, 3.8) is 0 Å². The molecule has 2 aromatic rings. The second kappa shape index (κ2) is 3.35. The van der Waals surface area contributed by atoms with E-state index in [2.05, 4.69) is 9.97 Å². The third-order valence-electron chi connectivity index (χ3n) is 2.00. The van der Waals surface area contributed by atoms with Crippen molar-refractivity contribution in [2.45, 2.75) is 6.92 Å². The van der Waals surface area contributed by atoms with Crippen molar-refractivity contribution in [1.82, 2.24) is 9.97 Å². The summed E-state index contributed by atoms with van der Waals surface area (Å²) in [5.41, 5.74) is 1.71. The Labute approximate surface area is 85.7 Å². The van der Waals surface area contributed by atoms with Crippen molar-refractivity contribution in [1.29, 1.82) is 0 Å². The molecule has 0 aliphatic carbocycles. The van der Waals surface area contributed by atoms with Crippen molar-refractivity contribution < 1.29 is 4.79 Å². The molecule has 2 rings (SSSR count). The van der Waals surface area contributed by atoms with E-state index in [0.717, 1.165) is 16.5 Å². The third-order valence-corrected chi connectivity index (χ3v) is 2.29. The molecule has 0 saturated carbocycles. The minimum atomic E-state index is 0.122. The Morgan fingerprint density at radius 1 is 1.36 bits per heavy atom. The van der Waals surface area contributed by atoms with Crippen LogP contribution in [-0.2, 0) is 0 Å². The second-order valence-corrected chi connectivity index (χ2v) is 3.32. The quantitative estimate of drug-likeness (QED) is 0.532. The number of rotatable bonds is 1. The lowest BCUT2D eigenvalue weighted by molar-refractivity contribution is 0.111. The molecule has 0 aliphatic rings. The van der Waals surface area contributed by atoms with Crippen LogP contribution in [0.2, 0.25) is 5.15 Å². The summed E-state index contributed by atoms with van der Waals surface area (Å²) >= 11 is 5.90. The summed E-state index contributed by atoms with van der Waals surface area (Å²) in [5.74, 6) is 0.122. The van der Waals surface area contributed by atoms with Gasteiger partial charge in [-0.15, -0.1) is 0 Å². The standard InChI is InChI=1S/C10H7ClN2O/c1-6-3-2-4-7-9(6)12-8(5-14)13-10(7)11/h2-5H,1H3. The fraction of sp³-hybridized carbons (Fsp3) is 0.100. The molecule has 0 bridgehead atoms. The molecule has 70 valence electrons. The minimum absolute atomic E-state index is 0.122. The fourth-order valence-electron chi connectivity index (χ4n) is 1.33. The molecule has 4 heteroatoms. The van der Waals surface area contributed by atoms with Crippen LogP contribution in [0.4, 0.5) is 0 Å². The monoisotopic (exact) mass is 206 g/mol. The number of hydrogen-bond acceptors (Lipinski definition) is 3. The summed E-state index contributed by atoms with van der Waals surface area (Å²) in [7, 11) is 0. The van der Waals surface area contributed by atoms with E-state index in [1.807, 2.05) is 25.1 Å². The molecule has 0 unspecified atom stereocenters. The maximum absolute atomic E-state index is 10.5. The molecule has 1 aromatic carbocycles. The number of halogens is 1. The van der Waals surface area contributed by atoms with Crippen LogP contribution >= 0.6 is 11.6 Å². The molecule has 0 atom stereocenters. The lowest BCUT2D eigenvalue weighted by Crippen LogP contribution is -1.95. The molecule has 0 aliphatic heterocycles. The van der Waals surface area contributed by atoms with Crippen molar-refractivity contribution in [2.75, 3.05) is 0 Å². The van der Waals surface area contributed by atoms with Crippen molar-refractivity contribution in [3.8, 4) is 0 Å². The second-order valence-electron chi connectivity index (χ2n) is 2.96. The molecular weight excluding hydrogens is 200 g/mol. The third kappa shape index (κ3) is 1.36. The van der Waals surface area contributed by atoms with Gasteiger partial charge in [-0.3, -0.25) is 4.79 Å². The summed E-state index contributed by atoms with van der Waals surface area (Å²) in [6.45, 7) is 1.92. The van der Waals surface area contributed by atoms with Gasteiger partial charge in [0.05, 0.1) is 5.52 Å². The summed E-state index contributed by atoms with van der Waals surface area (Å²) < 4.78 is 0. The molecule has 0 N–H and O–H groups in total. The number of hydrogen-bond donors (Lipinski definition) is 0. The minimum Gasteiger partial charge on any atom is -0.294 e. The highest BCUT2D eigenvalue weighted by Gasteiger charge is 2.06. The Hall–Kier alpha value is -1.48. The molecule has 0 radical (unpaired) electrons. The van der Waals surface area contributed by atoms with Gasteiger partial charge in [-0.25, -0.2) is 9.97 Å². The molecule has 0 amide bonds. The lowest BCUT2D eigenvalue weighted by atomic mass is 10.1. The first kappa shape index (κ1) is 9.09. The molecule has 14 heavy (non-hydrogen) atoms. The van der Waals surface area contributed by atoms with Gasteiger partial charge in [0.1, 0.15) is 5.15 Å². The van der Waals surface area contributed by atoms with Gasteiger partial charge < -0.3 is 0 Å². The van der Waals surface area contributed by atoms with Crippen molar-refractivity contribution >= 4 is 28.8 Å². The topological polar surface area (TPSA) is 42.9 Å². The Bertz CT molecular complexity index is 511. The predicted octanol–water partition coefficient (Wildman–Crippen LogP) is 2.40. The first-order chi connectivity index (χ1) is 6.72. The van der Waals surface area contributed by atoms with Crippen LogP contribution in [0.1, 0.15) is 16.2 Å². The molecule has 0 fully saturated rings. The van der Waals surface area contributed by atoms with Crippen LogP contribution in [0.25, 0.3) is 10.9 Å². The fourth-order valence-corrected chi connectivity index (χ4v) is 1.57. The molecule has 0 saturated heterocycles. The van der Waals surface area contributed by atoms with Gasteiger partial charge in [0.25, 0.3) is 0 Å². The highest BCUT2D eigenvalue weighted by atomic mass is 35.5. The number of carbonyl (C=O) groups is 1. The van der Waals surface area contributed by atoms with Gasteiger partial charge in [-0.2, -0.15) is 0 Å². The lowest BCUT2D eigenvalue weighted by Gasteiger charge is -2.02. The van der Waals surface area contributed by atoms with Crippen LogP contribution in [0.15, 0.2) is 18.2 Å². The predicted molar refractivity (Wildman–Crippen MR) is 54.7 cm³/mol. The summed E-state index contributed by atoms with van der Waals surface area (Å²) in [5, 5.41) is 1.10. The van der Waals surface area contributed by atoms with Crippen LogP contribution in [-0.4, -0.2) is 16.3 Å². The summed E-state index contributed by atoms with van der Waals surface area (Å²) in [6.07, 6.45) is 0.595. The average molecular weight is 207 g/mol. The molecular formula is C10H7ClN2O. The number of aromatic nitrogens is 2. The molecule has 1 aromatic heterocycles. The van der Waals surface area contributed by atoms with E-state index in [0.29, 0.717) is 11.4 Å². The van der Waals surface area contributed by atoms with Gasteiger partial charge in [0.2, 0.25) is 0 Å². The molecule has 0 spiro atoms. The molecule has 1 heterocycles. The van der Waals surface area contributed by atoms with E-state index in [1.54, 1.807) is 0 Å². The number of fused-ring (bicyclic) bond motifs is 1. The van der Waals surface area contributed by atoms with Crippen LogP contribution in [0.3, 0.4) is 0 Å². The molecule has 3 nitrogen and oxygen atoms in total. The van der Waals surface area contributed by atoms with Crippen molar-refractivity contribution in [2.24, 2.45) is 0 Å². The smallest absolute Gasteiger partial charge is 0.194 e. The van der Waals surface area contributed by atoms with Gasteiger partial charge in [-0.05, 0) is 18.6 Å². The zero-order valence-corrected chi connectivity index (χ0v) is 8.25. The Morgan fingerprint density at radius 3 is 2.86 bits per heavy atom. The number of aldehydes is 1. The Morgan fingerprint density at radius 2 is 2.14 bits per heavy atom. The van der Waals surface area contributed by atoms with Gasteiger partial charge in [-0.1, -0.05) is 23.7 Å². The summed E-state index contributed by atoms with van der Waals surface area (Å²) in [6, 6.07) is 5.63. The maximum Gasteiger partial charge on any atom is 0.194 e. The van der Waals surface area contributed by atoms with Gasteiger partial charge in [0, 0.05) is 5.39 Å². The SMILES string of the molecule is Cc1cccc2c(Cl)nc(C=O)nc12. The van der Waals surface area contributed by atoms with Gasteiger partial charge >= 0.3 is 0 Å². The first-order valence-electron chi connectivity index (χ1n) is 4.10. The zero-order valence-electron chi connectivity index (χ0n) is 7.49. The highest BCUT2D eigenvalue weighted by Crippen LogP contribution is 2.22. The average Bonchev–Trinajstić information content (AvgIpc) is 2.19. The van der Waals surface area contributed by atoms with E-state index in [-0.39, 0.29) is 5.82 Å². The van der Waals surface area contributed by atoms with Crippen molar-refractivity contribution in [3.05, 3.63) is 34.7 Å². The number of carbonyl (C=O) groups excluding carboxylic acids is 1. The number of aryl methyl sites for hydroxylation is 1. The van der Waals surface area contributed by atoms with E-state index in [9.17, 15) is 4.79 Å². The van der Waals surface area contributed by atoms with Crippen LogP contribution in [0.5, 0.6) is 0 Å². The largest absolute Gasteiger partial charge is 0.294 e. The summed E-state index contributed by atoms with van der Waals surface area (Å²) in [4.78, 5) is 18.5. The Kier molecular flexibility index (Phi) is 2.17. The van der Waals surface area contributed by atoms with E-state index in [4.69, 9.17) is 11.6 Å². The first-order valence-corrected chi connectivity index (χ1v) is 4.48. The number of nitrogens with zero attached hydrogens (tertiary/aromatic N) is 2. The van der Waals surface area contributed by atoms with E-state index < -0.39 is 0 Å². The van der Waals surface area contributed by atoms with E-state index >= 15 is 0 Å². The van der Waals surface area contributed by atoms with Crippen LogP contribution in [0, 0.1) is 6.92 Å². The number of benzene rings is 1. The highest BCUT2D eigenvalue weighted by molar-refractivity contribution is 6.34. The maximum atomic E-state index is 10.5. The zero-order chi connectivity index (χ0) is 10.1. The number of para-hydroxylation sites is 1. The normalized spacial score (nSPS) is 10.4. The Balaban J connectivity index is 2.90. The van der Waals surface area contributed by atoms with Gasteiger partial charge in [0.15, 0.2) is 12.1 Å². The van der Waals surface area contributed by atoms with E-state index in [1.165, 1.54) is 0 Å².